The molecule has 156 valence electrons. The predicted molar refractivity (Wildman–Crippen MR) is 107 cm³/mol. The van der Waals surface area contributed by atoms with Crippen molar-refractivity contribution in [1.82, 2.24) is 4.90 Å². The molecule has 0 saturated carbocycles. The van der Waals surface area contributed by atoms with Gasteiger partial charge >= 0.3 is 35.7 Å². The van der Waals surface area contributed by atoms with Gasteiger partial charge in [0.25, 0.3) is 0 Å². The molecule has 1 saturated heterocycles. The van der Waals surface area contributed by atoms with E-state index >= 15 is 0 Å². The Kier molecular flexibility index (Phi) is 7.23. The summed E-state index contributed by atoms with van der Waals surface area (Å²) in [5, 5.41) is 27.8. The van der Waals surface area contributed by atoms with Crippen LogP contribution in [0.25, 0.3) is 5.57 Å². The van der Waals surface area contributed by atoms with E-state index < -0.39 is 36.0 Å². The Morgan fingerprint density at radius 1 is 1.32 bits per heavy atom. The second kappa shape index (κ2) is 9.54. The van der Waals surface area contributed by atoms with Crippen molar-refractivity contribution < 1.29 is 58.9 Å². The molecule has 2 amide bonds. The van der Waals surface area contributed by atoms with Crippen molar-refractivity contribution in [2.24, 2.45) is 5.92 Å². The van der Waals surface area contributed by atoms with Gasteiger partial charge in [-0.05, 0) is 47.4 Å². The number of nitrogens with zero attached hydrogens (tertiary/aromatic N) is 1. The average molecular weight is 450 g/mol. The number of aliphatic carboxylic acids is 1. The number of hydrogen-bond acceptors (Lipinski definition) is 7. The molecule has 2 N–H and O–H groups in total. The van der Waals surface area contributed by atoms with Crippen molar-refractivity contribution in [3.05, 3.63) is 57.9 Å². The number of carbonyl (C=O) groups excluding carboxylic acids is 3. The molecule has 3 atom stereocenters. The second-order valence-electron chi connectivity index (χ2n) is 7.24. The summed E-state index contributed by atoms with van der Waals surface area (Å²) in [6.07, 6.45) is -1.20. The summed E-state index contributed by atoms with van der Waals surface area (Å²) in [7, 11) is 0. The van der Waals surface area contributed by atoms with Crippen molar-refractivity contribution in [2.45, 2.75) is 32.1 Å². The maximum absolute atomic E-state index is 12.4. The first-order valence-corrected chi connectivity index (χ1v) is 10.3. The Balaban J connectivity index is 0.00000272. The number of aliphatic hydroxyl groups excluding tert-OH is 1. The monoisotopic (exact) mass is 450 g/mol. The van der Waals surface area contributed by atoms with Crippen LogP contribution in [0.15, 0.2) is 46.8 Å². The Morgan fingerprint density at radius 2 is 2.03 bits per heavy atom. The number of thiophene rings is 1. The van der Waals surface area contributed by atoms with Crippen LogP contribution in [0.5, 0.6) is 0 Å². The van der Waals surface area contributed by atoms with Gasteiger partial charge in [0.15, 0.2) is 0 Å². The molecule has 1 aromatic carbocycles. The summed E-state index contributed by atoms with van der Waals surface area (Å²) < 4.78 is 5.29. The molecule has 31 heavy (non-hydrogen) atoms. The summed E-state index contributed by atoms with van der Waals surface area (Å²) in [5.41, 5.74) is 2.13. The number of aliphatic hydroxyl groups is 1. The van der Waals surface area contributed by atoms with E-state index in [2.05, 4.69) is 5.32 Å². The summed E-state index contributed by atoms with van der Waals surface area (Å²) in [4.78, 5) is 37.4. The zero-order valence-corrected chi connectivity index (χ0v) is 19.8. The van der Waals surface area contributed by atoms with Gasteiger partial charge in [-0.15, -0.1) is 0 Å². The molecular formula is C21H19N2NaO6S. The van der Waals surface area contributed by atoms with Crippen LogP contribution in [0, 0.1) is 5.92 Å². The summed E-state index contributed by atoms with van der Waals surface area (Å²) in [6.45, 7) is 1.46. The Bertz CT molecular complexity index is 1040. The van der Waals surface area contributed by atoms with E-state index in [1.165, 1.54) is 23.2 Å². The minimum Gasteiger partial charge on any atom is -0.543 e. The molecule has 3 heterocycles. The third-order valence-electron chi connectivity index (χ3n) is 5.37. The second-order valence-corrected chi connectivity index (χ2v) is 7.98. The van der Waals surface area contributed by atoms with Crippen LogP contribution >= 0.6 is 11.3 Å². The molecule has 0 bridgehead atoms. The number of carboxylic acids is 1. The fourth-order valence-electron chi connectivity index (χ4n) is 4.02. The topological polar surface area (TPSA) is 119 Å². The largest absolute Gasteiger partial charge is 1.00 e. The molecular weight excluding hydrogens is 431 g/mol. The van der Waals surface area contributed by atoms with Gasteiger partial charge in [0.1, 0.15) is 6.61 Å². The van der Waals surface area contributed by atoms with E-state index in [9.17, 15) is 24.6 Å². The number of anilines is 1. The number of nitrogens with one attached hydrogen (secondary N) is 1. The average Bonchev–Trinajstić information content (AvgIpc) is 3.29. The number of rotatable bonds is 6. The number of β-lactam (4-membered cyclic amide) rings is 1. The minimum atomic E-state index is -1.44. The molecule has 1 fully saturated rings. The van der Waals surface area contributed by atoms with Gasteiger partial charge in [0.05, 0.1) is 29.7 Å². The number of para-hydroxylation sites is 1. The summed E-state index contributed by atoms with van der Waals surface area (Å²) in [5.74, 6) is -2.49. The van der Waals surface area contributed by atoms with Gasteiger partial charge in [-0.2, -0.15) is 11.3 Å². The normalized spacial score (nSPS) is 20.5. The number of ether oxygens (including phenoxy) is 1. The first-order chi connectivity index (χ1) is 14.4. The van der Waals surface area contributed by atoms with Crippen molar-refractivity contribution in [1.29, 1.82) is 0 Å². The third-order valence-corrected chi connectivity index (χ3v) is 6.16. The fourth-order valence-corrected chi connectivity index (χ4v) is 4.88. The van der Waals surface area contributed by atoms with Gasteiger partial charge in [-0.1, -0.05) is 18.2 Å². The number of fused-ring (bicyclic) bond motifs is 1. The molecule has 8 nitrogen and oxygen atoms in total. The van der Waals surface area contributed by atoms with Crippen molar-refractivity contribution in [3.8, 4) is 0 Å². The van der Waals surface area contributed by atoms with Crippen LogP contribution in [0.4, 0.5) is 10.5 Å². The number of hydrogen-bond donors (Lipinski definition) is 2. The third kappa shape index (κ3) is 4.42. The zero-order valence-electron chi connectivity index (χ0n) is 17.0. The standard InChI is InChI=1S/C21H20N2O6S.Na/c1-11(24)17-16-7-14(18(20(26)27)23(16)19(17)25)15-10-30-9-12(15)8-29-21(28)22-13-5-3-2-4-6-13;/h2-6,9-11,16-17,24H,7-8H2,1H3,(H,22,28)(H,26,27);/q;+1/p-1/t11-,16-,17+;/m1./s1. The Hall–Kier alpha value is -2.17. The predicted octanol–water partition coefficient (Wildman–Crippen LogP) is -1.43. The van der Waals surface area contributed by atoms with E-state index in [1.54, 1.807) is 35.0 Å². The van der Waals surface area contributed by atoms with Crippen LogP contribution in [0.3, 0.4) is 0 Å². The van der Waals surface area contributed by atoms with Crippen LogP contribution in [-0.2, 0) is 20.9 Å². The van der Waals surface area contributed by atoms with Gasteiger partial charge in [0, 0.05) is 11.3 Å². The zero-order chi connectivity index (χ0) is 21.4. The minimum absolute atomic E-state index is 0. The fraction of sp³-hybridized carbons (Fsp3) is 0.286. The van der Waals surface area contributed by atoms with Crippen LogP contribution in [0.1, 0.15) is 24.5 Å². The van der Waals surface area contributed by atoms with E-state index in [0.29, 0.717) is 28.8 Å². The van der Waals surface area contributed by atoms with Gasteiger partial charge in [-0.25, -0.2) is 4.79 Å². The van der Waals surface area contributed by atoms with Crippen LogP contribution < -0.4 is 40.0 Å². The smallest absolute Gasteiger partial charge is 0.543 e. The molecule has 2 aliphatic rings. The maximum Gasteiger partial charge on any atom is 1.00 e. The molecule has 1 aromatic heterocycles. The molecule has 0 radical (unpaired) electrons. The number of carboxylic acid groups (broad SMARTS) is 1. The van der Waals surface area contributed by atoms with Crippen molar-refractivity contribution in [2.75, 3.05) is 5.32 Å². The maximum atomic E-state index is 12.4. The summed E-state index contributed by atoms with van der Waals surface area (Å²) >= 11 is 1.34. The molecule has 0 spiro atoms. The Morgan fingerprint density at radius 3 is 2.68 bits per heavy atom. The van der Waals surface area contributed by atoms with E-state index in [-0.39, 0.29) is 41.9 Å². The van der Waals surface area contributed by atoms with Gasteiger partial charge in [-0.3, -0.25) is 10.1 Å². The molecule has 10 heteroatoms. The summed E-state index contributed by atoms with van der Waals surface area (Å²) in [6, 6.07) is 8.45. The SMILES string of the molecule is C[C@@H](O)[C@@H]1C(=O)N2C(C(=O)[O-])=C(c3cscc3COC(=O)Nc3ccccc3)C[C@H]12.[Na+]. The van der Waals surface area contributed by atoms with E-state index in [0.717, 1.165) is 0 Å². The molecule has 0 aliphatic carbocycles. The van der Waals surface area contributed by atoms with Gasteiger partial charge in [0.2, 0.25) is 5.91 Å². The first kappa shape index (κ1) is 23.5. The molecule has 4 rings (SSSR count). The molecule has 0 unspecified atom stereocenters. The number of amides is 2. The van der Waals surface area contributed by atoms with Crippen LogP contribution in [0.2, 0.25) is 0 Å². The molecule has 2 aromatic rings. The van der Waals surface area contributed by atoms with Gasteiger partial charge < -0.3 is 24.6 Å². The quantitative estimate of drug-likeness (QED) is 0.412. The number of benzene rings is 1. The van der Waals surface area contributed by atoms with Crippen molar-refractivity contribution in [3.63, 3.8) is 0 Å². The number of carbonyl (C=O) groups is 3. The van der Waals surface area contributed by atoms with Crippen molar-refractivity contribution >= 4 is 40.6 Å². The van der Waals surface area contributed by atoms with Crippen LogP contribution in [-0.4, -0.2) is 40.1 Å². The first-order valence-electron chi connectivity index (χ1n) is 9.38. The Labute approximate surface area is 204 Å². The van der Waals surface area contributed by atoms with E-state index in [4.69, 9.17) is 4.74 Å². The van der Waals surface area contributed by atoms with E-state index in [1.807, 2.05) is 6.07 Å². The molecule has 2 aliphatic heterocycles.